The number of carbonyl (C=O) groups excluding carboxylic acids is 1. The quantitative estimate of drug-likeness (QED) is 0.373. The Morgan fingerprint density at radius 2 is 1.79 bits per heavy atom. The summed E-state index contributed by atoms with van der Waals surface area (Å²) >= 11 is 0. The van der Waals surface area contributed by atoms with Crippen molar-refractivity contribution in [3.05, 3.63) is 78.4 Å². The fourth-order valence-corrected chi connectivity index (χ4v) is 4.95. The predicted octanol–water partition coefficient (Wildman–Crippen LogP) is 4.00. The molecule has 1 aromatic carbocycles. The number of pyridine rings is 2. The maximum absolute atomic E-state index is 13.1. The topological polar surface area (TPSA) is 93.6 Å². The summed E-state index contributed by atoms with van der Waals surface area (Å²) in [4.78, 5) is 26.8. The molecule has 2 aliphatic heterocycles. The van der Waals surface area contributed by atoms with Crippen molar-refractivity contribution in [1.29, 1.82) is 0 Å². The second-order valence-corrected chi connectivity index (χ2v) is 10.2. The van der Waals surface area contributed by atoms with Crippen LogP contribution in [0.25, 0.3) is 16.7 Å². The summed E-state index contributed by atoms with van der Waals surface area (Å²) in [5, 5.41) is 15.9. The Kier molecular flexibility index (Phi) is 8.12. The molecule has 198 valence electrons. The zero-order valence-corrected chi connectivity index (χ0v) is 22.0. The Balaban J connectivity index is 1.29. The van der Waals surface area contributed by atoms with Crippen molar-refractivity contribution in [3.63, 3.8) is 0 Å². The van der Waals surface area contributed by atoms with E-state index in [4.69, 9.17) is 0 Å². The maximum Gasteiger partial charge on any atom is 0.255 e. The number of aliphatic hydroxyl groups is 1. The largest absolute Gasteiger partial charge is 0.393 e. The molecule has 0 aliphatic carbocycles. The van der Waals surface area contributed by atoms with Crippen LogP contribution in [-0.4, -0.2) is 70.1 Å². The van der Waals surface area contributed by atoms with Gasteiger partial charge in [-0.25, -0.2) is 0 Å². The van der Waals surface area contributed by atoms with Crippen molar-refractivity contribution in [2.24, 2.45) is 0 Å². The third-order valence-corrected chi connectivity index (χ3v) is 7.40. The number of likely N-dealkylation sites (tertiary alicyclic amines) is 2. The molecule has 0 unspecified atom stereocenters. The van der Waals surface area contributed by atoms with Gasteiger partial charge in [-0.3, -0.25) is 24.6 Å². The fourth-order valence-electron chi connectivity index (χ4n) is 4.95. The van der Waals surface area contributed by atoms with Crippen molar-refractivity contribution < 1.29 is 9.90 Å². The number of nitrogens with zero attached hydrogens (tertiary/aromatic N) is 4. The maximum atomic E-state index is 13.1. The number of hydrogen-bond donors (Lipinski definition) is 3. The van der Waals surface area contributed by atoms with Crippen molar-refractivity contribution in [3.8, 4) is 11.1 Å². The number of aromatic nitrogens is 2. The van der Waals surface area contributed by atoms with Crippen molar-refractivity contribution >= 4 is 22.9 Å². The number of anilines is 2. The third kappa shape index (κ3) is 6.27. The van der Waals surface area contributed by atoms with E-state index < -0.39 is 0 Å². The Hall–Kier alpha value is -3.59. The van der Waals surface area contributed by atoms with Crippen LogP contribution in [0.3, 0.4) is 0 Å². The molecular formula is C30H36N6O2. The van der Waals surface area contributed by atoms with Crippen LogP contribution in [0.2, 0.25) is 0 Å². The number of hydrogen-bond acceptors (Lipinski definition) is 7. The molecule has 2 fully saturated rings. The summed E-state index contributed by atoms with van der Waals surface area (Å²) in [5.74, 6) is -0.268. The minimum Gasteiger partial charge on any atom is -0.393 e. The molecule has 0 spiro atoms. The second kappa shape index (κ2) is 11.9. The first-order valence-corrected chi connectivity index (χ1v) is 13.3. The van der Waals surface area contributed by atoms with Gasteiger partial charge < -0.3 is 15.7 Å². The van der Waals surface area contributed by atoms with Crippen LogP contribution in [0.4, 0.5) is 11.4 Å². The van der Waals surface area contributed by atoms with Gasteiger partial charge >= 0.3 is 0 Å². The summed E-state index contributed by atoms with van der Waals surface area (Å²) in [6.07, 6.45) is 8.13. The Morgan fingerprint density at radius 3 is 2.47 bits per heavy atom. The third-order valence-electron chi connectivity index (χ3n) is 7.40. The molecule has 1 amide bonds. The molecule has 0 saturated carbocycles. The van der Waals surface area contributed by atoms with Crippen LogP contribution in [-0.2, 0) is 17.9 Å². The zero-order valence-electron chi connectivity index (χ0n) is 22.0. The van der Waals surface area contributed by atoms with Gasteiger partial charge in [-0.05, 0) is 73.8 Å². The highest BCUT2D eigenvalue weighted by Gasteiger charge is 2.19. The van der Waals surface area contributed by atoms with Crippen LogP contribution in [0.5, 0.6) is 0 Å². The van der Waals surface area contributed by atoms with Crippen LogP contribution < -0.4 is 10.6 Å². The van der Waals surface area contributed by atoms with Crippen LogP contribution in [0, 0.1) is 0 Å². The van der Waals surface area contributed by atoms with E-state index in [0.717, 1.165) is 85.7 Å². The van der Waals surface area contributed by atoms with E-state index in [1.54, 1.807) is 6.20 Å². The van der Waals surface area contributed by atoms with E-state index in [9.17, 15) is 9.90 Å². The van der Waals surface area contributed by atoms with Gasteiger partial charge in [0.2, 0.25) is 0 Å². The van der Waals surface area contributed by atoms with E-state index >= 15 is 0 Å². The summed E-state index contributed by atoms with van der Waals surface area (Å²) in [6, 6.07) is 12.0. The van der Waals surface area contributed by atoms with Crippen LogP contribution >= 0.6 is 0 Å². The standard InChI is InChI=1S/C30H36N6O2/c1-21(30(38)34-25-5-6-26(33-18-25)20-35-10-3-11-35)28-15-23(4-7-29(28)31-2)24-14-22(16-32-17-24)19-36-12-8-27(37)9-13-36/h4-7,14-18,27,31,37H,1,3,8-13,19-20H2,2H3,(H,34,38). The second-order valence-electron chi connectivity index (χ2n) is 10.2. The Labute approximate surface area is 224 Å². The number of piperidine rings is 1. The minimum atomic E-state index is -0.268. The first-order chi connectivity index (χ1) is 18.5. The fraction of sp³-hybridized carbons (Fsp3) is 0.367. The van der Waals surface area contributed by atoms with E-state index in [2.05, 4.69) is 43.0 Å². The molecule has 3 aromatic rings. The van der Waals surface area contributed by atoms with Gasteiger partial charge in [0.15, 0.2) is 0 Å². The molecule has 8 heteroatoms. The van der Waals surface area contributed by atoms with E-state index in [1.807, 2.05) is 49.8 Å². The SMILES string of the molecule is C=C(C(=O)Nc1ccc(CN2CCC2)nc1)c1cc(-c2cncc(CN3CCC(O)CC3)c2)ccc1NC. The number of benzene rings is 1. The van der Waals surface area contributed by atoms with Gasteiger partial charge in [0.05, 0.1) is 23.7 Å². The molecule has 4 heterocycles. The highest BCUT2D eigenvalue weighted by Crippen LogP contribution is 2.30. The van der Waals surface area contributed by atoms with Crippen molar-refractivity contribution in [1.82, 2.24) is 19.8 Å². The Morgan fingerprint density at radius 1 is 1.00 bits per heavy atom. The van der Waals surface area contributed by atoms with E-state index in [-0.39, 0.29) is 12.0 Å². The molecule has 38 heavy (non-hydrogen) atoms. The monoisotopic (exact) mass is 512 g/mol. The van der Waals surface area contributed by atoms with E-state index in [1.165, 1.54) is 6.42 Å². The summed E-state index contributed by atoms with van der Waals surface area (Å²) in [6.45, 7) is 9.78. The number of carbonyl (C=O) groups is 1. The van der Waals surface area contributed by atoms with Gasteiger partial charge in [-0.15, -0.1) is 0 Å². The lowest BCUT2D eigenvalue weighted by atomic mass is 9.97. The first kappa shape index (κ1) is 26.0. The molecule has 2 saturated heterocycles. The minimum absolute atomic E-state index is 0.184. The molecule has 0 atom stereocenters. The summed E-state index contributed by atoms with van der Waals surface area (Å²) in [7, 11) is 1.84. The number of nitrogens with one attached hydrogen (secondary N) is 2. The molecule has 5 rings (SSSR count). The summed E-state index contributed by atoms with van der Waals surface area (Å²) < 4.78 is 0. The predicted molar refractivity (Wildman–Crippen MR) is 152 cm³/mol. The molecule has 0 bridgehead atoms. The van der Waals surface area contributed by atoms with Gasteiger partial charge in [0, 0.05) is 68.0 Å². The lowest BCUT2D eigenvalue weighted by Gasteiger charge is -2.30. The summed E-state index contributed by atoms with van der Waals surface area (Å²) in [5.41, 5.74) is 6.66. The lowest BCUT2D eigenvalue weighted by molar-refractivity contribution is -0.111. The van der Waals surface area contributed by atoms with Crippen molar-refractivity contribution in [2.75, 3.05) is 43.9 Å². The highest BCUT2D eigenvalue weighted by atomic mass is 16.3. The molecule has 2 aromatic heterocycles. The first-order valence-electron chi connectivity index (χ1n) is 13.3. The normalized spacial score (nSPS) is 16.6. The zero-order chi connectivity index (χ0) is 26.5. The molecular weight excluding hydrogens is 476 g/mol. The molecule has 0 radical (unpaired) electrons. The van der Waals surface area contributed by atoms with Gasteiger partial charge in [-0.1, -0.05) is 12.6 Å². The van der Waals surface area contributed by atoms with Gasteiger partial charge in [0.25, 0.3) is 5.91 Å². The van der Waals surface area contributed by atoms with Crippen LogP contribution in [0.15, 0.2) is 61.6 Å². The number of rotatable bonds is 9. The van der Waals surface area contributed by atoms with Gasteiger partial charge in [-0.2, -0.15) is 0 Å². The number of aliphatic hydroxyl groups excluding tert-OH is 1. The lowest BCUT2D eigenvalue weighted by Crippen LogP contribution is -2.36. The molecule has 2 aliphatic rings. The smallest absolute Gasteiger partial charge is 0.255 e. The Bertz CT molecular complexity index is 1280. The van der Waals surface area contributed by atoms with Crippen LogP contribution in [0.1, 0.15) is 36.1 Å². The highest BCUT2D eigenvalue weighted by molar-refractivity contribution is 6.25. The molecule has 3 N–H and O–H groups in total. The van der Waals surface area contributed by atoms with Gasteiger partial charge in [0.1, 0.15) is 0 Å². The van der Waals surface area contributed by atoms with Crippen molar-refractivity contribution in [2.45, 2.75) is 38.5 Å². The number of amides is 1. The average Bonchev–Trinajstić information content (AvgIpc) is 2.92. The van der Waals surface area contributed by atoms with E-state index in [0.29, 0.717) is 11.3 Å². The molecule has 8 nitrogen and oxygen atoms in total. The average molecular weight is 513 g/mol.